The van der Waals surface area contributed by atoms with E-state index >= 15 is 0 Å². The standard InChI is InChI=1S/C28H20F4N2O3S/c1-37-19-12-10-17(11-13-19)27(35)33-18-8-5-9-20(14-18)38-26(16-6-3-2-4-7-16)28(36)34-25-23(31)21(29)15-22(30)24(25)32/h2-15,26H,1H3,(H,33,35)(H,34,36). The Morgan fingerprint density at radius 1 is 0.789 bits per heavy atom. The Hall–Kier alpha value is -4.31. The molecule has 4 aromatic rings. The predicted molar refractivity (Wildman–Crippen MR) is 137 cm³/mol. The van der Waals surface area contributed by atoms with Crippen LogP contribution in [0.2, 0.25) is 0 Å². The van der Waals surface area contributed by atoms with Crippen molar-refractivity contribution in [1.82, 2.24) is 0 Å². The highest BCUT2D eigenvalue weighted by molar-refractivity contribution is 8.00. The Morgan fingerprint density at radius 3 is 2.08 bits per heavy atom. The van der Waals surface area contributed by atoms with Crippen molar-refractivity contribution in [2.24, 2.45) is 0 Å². The minimum atomic E-state index is -1.71. The highest BCUT2D eigenvalue weighted by Crippen LogP contribution is 2.38. The highest BCUT2D eigenvalue weighted by atomic mass is 32.2. The molecule has 194 valence electrons. The number of benzene rings is 4. The van der Waals surface area contributed by atoms with Crippen molar-refractivity contribution in [3.05, 3.63) is 119 Å². The Kier molecular flexibility index (Phi) is 8.32. The Morgan fingerprint density at radius 2 is 1.45 bits per heavy atom. The second-order valence-corrected chi connectivity index (χ2v) is 9.13. The van der Waals surface area contributed by atoms with Gasteiger partial charge in [-0.1, -0.05) is 36.4 Å². The Bertz CT molecular complexity index is 1440. The summed E-state index contributed by atoms with van der Waals surface area (Å²) in [5, 5.41) is 3.70. The third-order valence-corrected chi connectivity index (χ3v) is 6.65. The van der Waals surface area contributed by atoms with Gasteiger partial charge >= 0.3 is 0 Å². The summed E-state index contributed by atoms with van der Waals surface area (Å²) in [6.07, 6.45) is 0. The first-order valence-electron chi connectivity index (χ1n) is 11.2. The van der Waals surface area contributed by atoms with Gasteiger partial charge < -0.3 is 15.4 Å². The molecule has 2 amide bonds. The fourth-order valence-corrected chi connectivity index (χ4v) is 4.58. The summed E-state index contributed by atoms with van der Waals surface area (Å²) in [5.74, 6) is -7.37. The molecule has 4 rings (SSSR count). The molecule has 0 radical (unpaired) electrons. The van der Waals surface area contributed by atoms with E-state index in [0.717, 1.165) is 11.8 Å². The van der Waals surface area contributed by atoms with E-state index in [1.165, 1.54) is 7.11 Å². The lowest BCUT2D eigenvalue weighted by Crippen LogP contribution is -2.21. The smallest absolute Gasteiger partial charge is 0.255 e. The van der Waals surface area contributed by atoms with Gasteiger partial charge in [0, 0.05) is 22.2 Å². The molecule has 0 fully saturated rings. The van der Waals surface area contributed by atoms with Gasteiger partial charge in [0.15, 0.2) is 23.3 Å². The topological polar surface area (TPSA) is 67.4 Å². The first-order chi connectivity index (χ1) is 18.3. The van der Waals surface area contributed by atoms with Gasteiger partial charge in [0.25, 0.3) is 5.91 Å². The van der Waals surface area contributed by atoms with E-state index in [9.17, 15) is 27.2 Å². The van der Waals surface area contributed by atoms with Gasteiger partial charge in [-0.15, -0.1) is 11.8 Å². The summed E-state index contributed by atoms with van der Waals surface area (Å²) < 4.78 is 60.8. The molecule has 0 aliphatic rings. The zero-order chi connectivity index (χ0) is 27.2. The van der Waals surface area contributed by atoms with Crippen LogP contribution in [0.4, 0.5) is 28.9 Å². The summed E-state index contributed by atoms with van der Waals surface area (Å²) in [4.78, 5) is 26.3. The number of thioether (sulfide) groups is 1. The fourth-order valence-electron chi connectivity index (χ4n) is 3.50. The van der Waals surface area contributed by atoms with Crippen LogP contribution in [0.15, 0.2) is 89.8 Å². The number of nitrogens with one attached hydrogen (secondary N) is 2. The molecule has 2 N–H and O–H groups in total. The van der Waals surface area contributed by atoms with Crippen LogP contribution in [0, 0.1) is 23.3 Å². The van der Waals surface area contributed by atoms with Gasteiger partial charge in [-0.25, -0.2) is 17.6 Å². The lowest BCUT2D eigenvalue weighted by atomic mass is 10.1. The van der Waals surface area contributed by atoms with E-state index in [2.05, 4.69) is 5.32 Å². The quantitative estimate of drug-likeness (QED) is 0.144. The molecule has 0 aliphatic carbocycles. The largest absolute Gasteiger partial charge is 0.497 e. The maximum Gasteiger partial charge on any atom is 0.255 e. The minimum Gasteiger partial charge on any atom is -0.497 e. The third kappa shape index (κ3) is 6.15. The zero-order valence-electron chi connectivity index (χ0n) is 19.8. The van der Waals surface area contributed by atoms with Crippen molar-refractivity contribution in [3.8, 4) is 5.75 Å². The van der Waals surface area contributed by atoms with E-state index in [-0.39, 0.29) is 12.0 Å². The highest BCUT2D eigenvalue weighted by Gasteiger charge is 2.27. The molecule has 0 aromatic heterocycles. The van der Waals surface area contributed by atoms with E-state index in [1.54, 1.807) is 78.9 Å². The number of hydrogen-bond donors (Lipinski definition) is 2. The lowest BCUT2D eigenvalue weighted by Gasteiger charge is -2.18. The molecule has 0 saturated carbocycles. The molecule has 0 heterocycles. The van der Waals surface area contributed by atoms with Crippen LogP contribution in [-0.2, 0) is 4.79 Å². The number of hydrogen-bond acceptors (Lipinski definition) is 4. The molecular formula is C28H20F4N2O3S. The lowest BCUT2D eigenvalue weighted by molar-refractivity contribution is -0.115. The SMILES string of the molecule is COc1ccc(C(=O)Nc2cccc(SC(C(=O)Nc3c(F)c(F)cc(F)c3F)c3ccccc3)c2)cc1. The predicted octanol–water partition coefficient (Wildman–Crippen LogP) is 6.98. The molecule has 1 atom stereocenters. The number of methoxy groups -OCH3 is 1. The number of carbonyl (C=O) groups is 2. The number of amides is 2. The van der Waals surface area contributed by atoms with Crippen LogP contribution >= 0.6 is 11.8 Å². The fraction of sp³-hybridized carbons (Fsp3) is 0.0714. The molecule has 10 heteroatoms. The number of halogens is 4. The average molecular weight is 541 g/mol. The maximum atomic E-state index is 14.2. The van der Waals surface area contributed by atoms with Gasteiger partial charge in [-0.3, -0.25) is 9.59 Å². The number of anilines is 2. The van der Waals surface area contributed by atoms with Crippen molar-refractivity contribution in [2.45, 2.75) is 10.1 Å². The van der Waals surface area contributed by atoms with E-state index < -0.39 is 40.1 Å². The van der Waals surface area contributed by atoms with Crippen molar-refractivity contribution in [1.29, 1.82) is 0 Å². The molecule has 0 spiro atoms. The van der Waals surface area contributed by atoms with E-state index in [1.807, 2.05) is 5.32 Å². The summed E-state index contributed by atoms with van der Waals surface area (Å²) in [5.41, 5.74) is 0.0963. The molecule has 0 saturated heterocycles. The molecule has 38 heavy (non-hydrogen) atoms. The van der Waals surface area contributed by atoms with Gasteiger partial charge in [-0.05, 0) is 48.0 Å². The van der Waals surface area contributed by atoms with Gasteiger partial charge in [0.1, 0.15) is 16.7 Å². The molecule has 0 bridgehead atoms. The monoisotopic (exact) mass is 540 g/mol. The summed E-state index contributed by atoms with van der Waals surface area (Å²) >= 11 is 1.02. The number of ether oxygens (including phenoxy) is 1. The minimum absolute atomic E-state index is 0.0650. The second kappa shape index (κ2) is 11.8. The molecular weight excluding hydrogens is 520 g/mol. The Labute approximate surface area is 219 Å². The van der Waals surface area contributed by atoms with Crippen molar-refractivity contribution < 1.29 is 31.9 Å². The van der Waals surface area contributed by atoms with Gasteiger partial charge in [-0.2, -0.15) is 0 Å². The molecule has 4 aromatic carbocycles. The first kappa shape index (κ1) is 26.7. The molecule has 5 nitrogen and oxygen atoms in total. The third-order valence-electron chi connectivity index (χ3n) is 5.40. The normalized spacial score (nSPS) is 11.5. The zero-order valence-corrected chi connectivity index (χ0v) is 20.6. The summed E-state index contributed by atoms with van der Waals surface area (Å²) in [6, 6.07) is 21.5. The first-order valence-corrected chi connectivity index (χ1v) is 12.1. The van der Waals surface area contributed by atoms with Crippen molar-refractivity contribution in [3.63, 3.8) is 0 Å². The Balaban J connectivity index is 1.58. The van der Waals surface area contributed by atoms with Crippen LogP contribution in [0.3, 0.4) is 0 Å². The second-order valence-electron chi connectivity index (χ2n) is 7.95. The van der Waals surface area contributed by atoms with Crippen LogP contribution in [-0.4, -0.2) is 18.9 Å². The van der Waals surface area contributed by atoms with Crippen LogP contribution in [0.1, 0.15) is 21.2 Å². The molecule has 1 unspecified atom stereocenters. The van der Waals surface area contributed by atoms with E-state index in [0.29, 0.717) is 27.5 Å². The van der Waals surface area contributed by atoms with Gasteiger partial charge in [0.05, 0.1) is 7.11 Å². The van der Waals surface area contributed by atoms with Crippen molar-refractivity contribution >= 4 is 35.0 Å². The maximum absolute atomic E-state index is 14.2. The molecule has 0 aliphatic heterocycles. The number of carbonyl (C=O) groups excluding carboxylic acids is 2. The summed E-state index contributed by atoms with van der Waals surface area (Å²) in [7, 11) is 1.52. The van der Waals surface area contributed by atoms with Crippen LogP contribution in [0.25, 0.3) is 0 Å². The van der Waals surface area contributed by atoms with Gasteiger partial charge in [0.2, 0.25) is 5.91 Å². The summed E-state index contributed by atoms with van der Waals surface area (Å²) in [6.45, 7) is 0. The van der Waals surface area contributed by atoms with Crippen LogP contribution < -0.4 is 15.4 Å². The average Bonchev–Trinajstić information content (AvgIpc) is 2.93. The van der Waals surface area contributed by atoms with E-state index in [4.69, 9.17) is 4.74 Å². The van der Waals surface area contributed by atoms with Crippen LogP contribution in [0.5, 0.6) is 5.75 Å². The van der Waals surface area contributed by atoms with Crippen molar-refractivity contribution in [2.75, 3.05) is 17.7 Å². The number of rotatable bonds is 8.